The Kier molecular flexibility index (Phi) is 4.78. The standard InChI is InChI=1S/C26H36N2O4/c1-17-5-4-10-25(2)15-21-22(23-26(17,25)32-23)20(24(29)31-21)16-27-11-13-28(14-12-27)18-6-8-19(30-3)9-7-18/h6-9,17,20-23H,4-5,10-16H2,1-3H3/t17-,20?,21+,22+,23-,25+,26-/m0/s1. The molecule has 3 aliphatic heterocycles. The fourth-order valence-corrected chi connectivity index (χ4v) is 7.70. The Hall–Kier alpha value is -1.79. The number of anilines is 1. The lowest BCUT2D eigenvalue weighted by Crippen LogP contribution is -2.55. The van der Waals surface area contributed by atoms with Crippen LogP contribution in [0, 0.1) is 23.2 Å². The molecule has 174 valence electrons. The van der Waals surface area contributed by atoms with Crippen LogP contribution < -0.4 is 9.64 Å². The highest BCUT2D eigenvalue weighted by Gasteiger charge is 2.78. The van der Waals surface area contributed by atoms with Crippen LogP contribution in [0.15, 0.2) is 24.3 Å². The number of rotatable bonds is 4. The fraction of sp³-hybridized carbons (Fsp3) is 0.731. The number of nitrogens with zero attached hydrogens (tertiary/aromatic N) is 2. The van der Waals surface area contributed by atoms with E-state index in [1.54, 1.807) is 7.11 Å². The second-order valence-electron chi connectivity index (χ2n) is 11.0. The van der Waals surface area contributed by atoms with Gasteiger partial charge in [-0.15, -0.1) is 0 Å². The summed E-state index contributed by atoms with van der Waals surface area (Å²) in [4.78, 5) is 17.9. The summed E-state index contributed by atoms with van der Waals surface area (Å²) in [5, 5.41) is 0. The third-order valence-electron chi connectivity index (χ3n) is 9.46. The van der Waals surface area contributed by atoms with Crippen molar-refractivity contribution in [1.82, 2.24) is 4.90 Å². The van der Waals surface area contributed by atoms with Crippen LogP contribution in [-0.4, -0.2) is 68.5 Å². The third-order valence-corrected chi connectivity index (χ3v) is 9.46. The van der Waals surface area contributed by atoms with Crippen molar-refractivity contribution < 1.29 is 19.0 Å². The summed E-state index contributed by atoms with van der Waals surface area (Å²) in [7, 11) is 1.70. The predicted octanol–water partition coefficient (Wildman–Crippen LogP) is 3.34. The van der Waals surface area contributed by atoms with Gasteiger partial charge in [-0.3, -0.25) is 9.69 Å². The molecule has 0 radical (unpaired) electrons. The molecule has 6 nitrogen and oxygen atoms in total. The number of epoxide rings is 1. The zero-order valence-corrected chi connectivity index (χ0v) is 19.6. The maximum atomic E-state index is 13.0. The summed E-state index contributed by atoms with van der Waals surface area (Å²) in [6.07, 6.45) is 4.94. The van der Waals surface area contributed by atoms with Crippen LogP contribution in [-0.2, 0) is 14.3 Å². The number of ether oxygens (including phenoxy) is 3. The van der Waals surface area contributed by atoms with Crippen molar-refractivity contribution in [3.8, 4) is 5.75 Å². The molecule has 6 heteroatoms. The van der Waals surface area contributed by atoms with Gasteiger partial charge < -0.3 is 19.1 Å². The summed E-state index contributed by atoms with van der Waals surface area (Å²) in [6.45, 7) is 9.44. The highest BCUT2D eigenvalue weighted by atomic mass is 16.6. The van der Waals surface area contributed by atoms with E-state index in [-0.39, 0.29) is 41.0 Å². The molecular weight excluding hydrogens is 404 g/mol. The molecule has 3 saturated heterocycles. The Labute approximate surface area is 191 Å². The van der Waals surface area contributed by atoms with E-state index in [1.165, 1.54) is 24.9 Å². The Balaban J connectivity index is 1.12. The molecule has 0 amide bonds. The topological polar surface area (TPSA) is 54.5 Å². The van der Waals surface area contributed by atoms with Crippen LogP contribution in [0.25, 0.3) is 0 Å². The van der Waals surface area contributed by atoms with Gasteiger partial charge in [-0.05, 0) is 49.4 Å². The Bertz CT molecular complexity index is 882. The monoisotopic (exact) mass is 440 g/mol. The maximum absolute atomic E-state index is 13.0. The molecule has 1 spiro atoms. The Morgan fingerprint density at radius 3 is 2.62 bits per heavy atom. The highest BCUT2D eigenvalue weighted by Crippen LogP contribution is 2.70. The van der Waals surface area contributed by atoms with Crippen molar-refractivity contribution in [2.75, 3.05) is 44.7 Å². The minimum atomic E-state index is -0.0458. The predicted molar refractivity (Wildman–Crippen MR) is 122 cm³/mol. The quantitative estimate of drug-likeness (QED) is 0.529. The first-order chi connectivity index (χ1) is 15.4. The largest absolute Gasteiger partial charge is 0.497 e. The number of benzene rings is 1. The molecule has 32 heavy (non-hydrogen) atoms. The number of hydrogen-bond acceptors (Lipinski definition) is 6. The van der Waals surface area contributed by atoms with Gasteiger partial charge in [0.1, 0.15) is 17.5 Å². The highest BCUT2D eigenvalue weighted by molar-refractivity contribution is 5.76. The molecule has 0 aromatic heterocycles. The van der Waals surface area contributed by atoms with E-state index in [2.05, 4.69) is 35.8 Å². The van der Waals surface area contributed by atoms with Crippen LogP contribution in [0.3, 0.4) is 0 Å². The van der Waals surface area contributed by atoms with Gasteiger partial charge in [-0.1, -0.05) is 20.3 Å². The summed E-state index contributed by atoms with van der Waals surface area (Å²) >= 11 is 0. The van der Waals surface area contributed by atoms with Gasteiger partial charge in [-0.2, -0.15) is 0 Å². The maximum Gasteiger partial charge on any atom is 0.311 e. The molecule has 7 atom stereocenters. The first-order valence-electron chi connectivity index (χ1n) is 12.4. The Morgan fingerprint density at radius 1 is 1.16 bits per heavy atom. The lowest BCUT2D eigenvalue weighted by molar-refractivity contribution is -0.146. The molecule has 6 rings (SSSR count). The number of methoxy groups -OCH3 is 1. The minimum Gasteiger partial charge on any atom is -0.497 e. The molecule has 2 aliphatic carbocycles. The SMILES string of the molecule is COc1ccc(N2CCN(CC3C(=O)O[C@@H]4C[C@@]5(C)CCC[C@H](C)[C@@]56O[C@H]6[C@H]34)CC2)cc1. The van der Waals surface area contributed by atoms with Crippen LogP contribution in [0.1, 0.15) is 39.5 Å². The first-order valence-corrected chi connectivity index (χ1v) is 12.4. The van der Waals surface area contributed by atoms with Crippen LogP contribution in [0.4, 0.5) is 5.69 Å². The number of hydrogen-bond donors (Lipinski definition) is 0. The van der Waals surface area contributed by atoms with E-state index < -0.39 is 0 Å². The Morgan fingerprint density at radius 2 is 1.91 bits per heavy atom. The fourth-order valence-electron chi connectivity index (χ4n) is 7.70. The summed E-state index contributed by atoms with van der Waals surface area (Å²) in [6, 6.07) is 8.29. The lowest BCUT2D eigenvalue weighted by Gasteiger charge is -2.49. The van der Waals surface area contributed by atoms with Gasteiger partial charge in [0.25, 0.3) is 0 Å². The zero-order valence-electron chi connectivity index (χ0n) is 19.6. The van der Waals surface area contributed by atoms with Gasteiger partial charge >= 0.3 is 5.97 Å². The molecular formula is C26H36N2O4. The molecule has 5 fully saturated rings. The van der Waals surface area contributed by atoms with E-state index in [9.17, 15) is 4.79 Å². The van der Waals surface area contributed by atoms with Gasteiger partial charge in [-0.25, -0.2) is 0 Å². The van der Waals surface area contributed by atoms with E-state index in [0.29, 0.717) is 5.92 Å². The van der Waals surface area contributed by atoms with E-state index >= 15 is 0 Å². The van der Waals surface area contributed by atoms with Gasteiger partial charge in [0.2, 0.25) is 0 Å². The minimum absolute atomic E-state index is 0.00822. The number of esters is 1. The van der Waals surface area contributed by atoms with Crippen molar-refractivity contribution >= 4 is 11.7 Å². The number of fused-ring (bicyclic) bond motifs is 2. The van der Waals surface area contributed by atoms with E-state index in [0.717, 1.165) is 44.9 Å². The average molecular weight is 441 g/mol. The summed E-state index contributed by atoms with van der Waals surface area (Å²) in [5.41, 5.74) is 1.39. The van der Waals surface area contributed by atoms with Crippen LogP contribution in [0.5, 0.6) is 5.75 Å². The molecule has 5 aliphatic rings. The number of piperazine rings is 1. The van der Waals surface area contributed by atoms with Crippen LogP contribution >= 0.6 is 0 Å². The molecule has 2 saturated carbocycles. The van der Waals surface area contributed by atoms with Crippen LogP contribution in [0.2, 0.25) is 0 Å². The average Bonchev–Trinajstić information content (AvgIpc) is 3.49. The third kappa shape index (κ3) is 2.95. The normalized spacial score (nSPS) is 43.2. The second kappa shape index (κ2) is 7.36. The van der Waals surface area contributed by atoms with Gasteiger partial charge in [0.05, 0.1) is 19.1 Å². The smallest absolute Gasteiger partial charge is 0.311 e. The molecule has 1 aromatic rings. The lowest BCUT2D eigenvalue weighted by atomic mass is 9.53. The summed E-state index contributed by atoms with van der Waals surface area (Å²) < 4.78 is 17.9. The van der Waals surface area contributed by atoms with Crippen molar-refractivity contribution in [3.63, 3.8) is 0 Å². The zero-order chi connectivity index (χ0) is 22.1. The van der Waals surface area contributed by atoms with Crippen molar-refractivity contribution in [1.29, 1.82) is 0 Å². The first kappa shape index (κ1) is 20.8. The summed E-state index contributed by atoms with van der Waals surface area (Å²) in [5.74, 6) is 1.67. The van der Waals surface area contributed by atoms with Gasteiger partial charge in [0, 0.05) is 49.7 Å². The second-order valence-corrected chi connectivity index (χ2v) is 11.0. The molecule has 1 unspecified atom stereocenters. The molecule has 1 aromatic carbocycles. The number of carbonyl (C=O) groups excluding carboxylic acids is 1. The van der Waals surface area contributed by atoms with Crippen molar-refractivity contribution in [3.05, 3.63) is 24.3 Å². The van der Waals surface area contributed by atoms with E-state index in [4.69, 9.17) is 14.2 Å². The molecule has 0 bridgehead atoms. The molecule has 0 N–H and O–H groups in total. The molecule has 3 heterocycles. The van der Waals surface area contributed by atoms with Gasteiger partial charge in [0.15, 0.2) is 0 Å². The number of carbonyl (C=O) groups is 1. The van der Waals surface area contributed by atoms with Crippen molar-refractivity contribution in [2.45, 2.75) is 57.3 Å². The van der Waals surface area contributed by atoms with Crippen molar-refractivity contribution in [2.24, 2.45) is 23.2 Å². The van der Waals surface area contributed by atoms with E-state index in [1.807, 2.05) is 12.1 Å².